The van der Waals surface area contributed by atoms with Gasteiger partial charge in [-0.05, 0) is 29.7 Å². The van der Waals surface area contributed by atoms with E-state index < -0.39 is 6.70 Å². The third kappa shape index (κ3) is 2.08. The van der Waals surface area contributed by atoms with Crippen LogP contribution in [0.15, 0.2) is 72.8 Å². The van der Waals surface area contributed by atoms with E-state index in [0.717, 1.165) is 0 Å². The second-order valence-corrected chi connectivity index (χ2v) is 6.81. The van der Waals surface area contributed by atoms with E-state index in [9.17, 15) is 0 Å². The second kappa shape index (κ2) is 4.97. The molecule has 1 atom stereocenters. The predicted octanol–water partition coefficient (Wildman–Crippen LogP) is 3.73. The van der Waals surface area contributed by atoms with Crippen molar-refractivity contribution in [3.8, 4) is 0 Å². The maximum absolute atomic E-state index is 5.76. The molecule has 0 aromatic heterocycles. The van der Waals surface area contributed by atoms with Crippen LogP contribution in [0.4, 0.5) is 0 Å². The molecule has 0 heterocycles. The summed E-state index contributed by atoms with van der Waals surface area (Å²) in [5.74, 6) is 0. The van der Waals surface area contributed by atoms with Gasteiger partial charge in [-0.25, -0.2) is 0 Å². The third-order valence-corrected chi connectivity index (χ3v) is 5.79. The maximum Gasteiger partial charge on any atom is 0.251 e. The van der Waals surface area contributed by atoms with Crippen LogP contribution in [0.5, 0.6) is 0 Å². The lowest BCUT2D eigenvalue weighted by Gasteiger charge is -1.99. The molecule has 0 saturated carbocycles. The molecule has 1 unspecified atom stereocenters. The second-order valence-electron chi connectivity index (χ2n) is 4.13. The van der Waals surface area contributed by atoms with Gasteiger partial charge in [0.2, 0.25) is 0 Å². The standard InChI is InChI=1S/C16H12PS/c18-17(14-9-2-1-3-10-14)16-12-6-8-13-7-4-5-11-15(13)16/h1-12H/q+1. The molecule has 0 N–H and O–H groups in total. The molecule has 0 nitrogen and oxygen atoms in total. The van der Waals surface area contributed by atoms with Crippen molar-refractivity contribution in [3.63, 3.8) is 0 Å². The lowest BCUT2D eigenvalue weighted by atomic mass is 10.1. The molecular formula is C16H12PS+. The lowest BCUT2D eigenvalue weighted by molar-refractivity contribution is 1.77. The fourth-order valence-electron chi connectivity index (χ4n) is 2.09. The van der Waals surface area contributed by atoms with Crippen LogP contribution >= 0.6 is 6.70 Å². The fourth-order valence-corrected chi connectivity index (χ4v) is 4.30. The largest absolute Gasteiger partial charge is 0.251 e. The molecule has 0 radical (unpaired) electrons. The molecular weight excluding hydrogens is 255 g/mol. The Hall–Kier alpha value is -1.56. The van der Waals surface area contributed by atoms with Crippen molar-refractivity contribution in [1.29, 1.82) is 0 Å². The summed E-state index contributed by atoms with van der Waals surface area (Å²) < 4.78 is 0. The lowest BCUT2D eigenvalue weighted by Crippen LogP contribution is -2.06. The van der Waals surface area contributed by atoms with Crippen molar-refractivity contribution in [2.45, 2.75) is 0 Å². The molecule has 0 saturated heterocycles. The maximum atomic E-state index is 5.76. The molecule has 0 aliphatic carbocycles. The highest BCUT2D eigenvalue weighted by molar-refractivity contribution is 8.12. The minimum absolute atomic E-state index is 0.687. The summed E-state index contributed by atoms with van der Waals surface area (Å²) in [6.07, 6.45) is 0. The molecule has 3 aromatic carbocycles. The zero-order valence-corrected chi connectivity index (χ0v) is 11.5. The number of fused-ring (bicyclic) bond motifs is 1. The quantitative estimate of drug-likeness (QED) is 0.637. The molecule has 0 bridgehead atoms. The molecule has 0 fully saturated rings. The van der Waals surface area contributed by atoms with Crippen molar-refractivity contribution in [2.24, 2.45) is 0 Å². The predicted molar refractivity (Wildman–Crippen MR) is 83.9 cm³/mol. The Labute approximate surface area is 113 Å². The number of hydrogen-bond acceptors (Lipinski definition) is 1. The number of rotatable bonds is 2. The van der Waals surface area contributed by atoms with Crippen molar-refractivity contribution < 1.29 is 0 Å². The van der Waals surface area contributed by atoms with Gasteiger partial charge in [-0.15, -0.1) is 0 Å². The van der Waals surface area contributed by atoms with Crippen molar-refractivity contribution in [1.82, 2.24) is 0 Å². The average molecular weight is 267 g/mol. The SMILES string of the molecule is S=[P+](c1ccccc1)c1cccc2ccccc12. The fraction of sp³-hybridized carbons (Fsp3) is 0. The molecule has 18 heavy (non-hydrogen) atoms. The zero-order chi connectivity index (χ0) is 12.4. The Bertz CT molecular complexity index is 699. The van der Waals surface area contributed by atoms with Crippen LogP contribution in [0, 0.1) is 0 Å². The highest BCUT2D eigenvalue weighted by atomic mass is 32.4. The summed E-state index contributed by atoms with van der Waals surface area (Å²) in [5.41, 5.74) is 0. The van der Waals surface area contributed by atoms with Crippen LogP contribution in [0.1, 0.15) is 0 Å². The zero-order valence-electron chi connectivity index (χ0n) is 9.78. The van der Waals surface area contributed by atoms with Gasteiger partial charge in [0.05, 0.1) is 0 Å². The number of benzene rings is 3. The van der Waals surface area contributed by atoms with Gasteiger partial charge in [-0.1, -0.05) is 48.5 Å². The van der Waals surface area contributed by atoms with Crippen LogP contribution in [0.3, 0.4) is 0 Å². The Morgan fingerprint density at radius 1 is 0.667 bits per heavy atom. The van der Waals surface area contributed by atoms with E-state index in [1.165, 1.54) is 21.4 Å². The van der Waals surface area contributed by atoms with Crippen LogP contribution < -0.4 is 10.6 Å². The van der Waals surface area contributed by atoms with Gasteiger partial charge < -0.3 is 0 Å². The molecule has 86 valence electrons. The van der Waals surface area contributed by atoms with Gasteiger partial charge in [-0.3, -0.25) is 0 Å². The van der Waals surface area contributed by atoms with Gasteiger partial charge in [0.25, 0.3) is 6.70 Å². The van der Waals surface area contributed by atoms with Gasteiger partial charge in [0.15, 0.2) is 22.4 Å². The minimum Gasteiger partial charge on any atom is -0.0619 e. The summed E-state index contributed by atoms with van der Waals surface area (Å²) in [5, 5.41) is 5.08. The third-order valence-electron chi connectivity index (χ3n) is 2.98. The first-order valence-corrected chi connectivity index (χ1v) is 8.22. The molecule has 0 aliphatic rings. The molecule has 3 rings (SSSR count). The monoisotopic (exact) mass is 267 g/mol. The van der Waals surface area contributed by atoms with Crippen molar-refractivity contribution in [3.05, 3.63) is 72.8 Å². The summed E-state index contributed by atoms with van der Waals surface area (Å²) in [4.78, 5) is 0. The first kappa shape index (κ1) is 11.5. The molecule has 0 aliphatic heterocycles. The first-order valence-electron chi connectivity index (χ1n) is 5.86. The Morgan fingerprint density at radius 2 is 1.33 bits per heavy atom. The van der Waals surface area contributed by atoms with E-state index in [1.54, 1.807) is 0 Å². The van der Waals surface area contributed by atoms with Gasteiger partial charge >= 0.3 is 0 Å². The average Bonchev–Trinajstić information content (AvgIpc) is 2.47. The van der Waals surface area contributed by atoms with E-state index in [4.69, 9.17) is 11.8 Å². The first-order chi connectivity index (χ1) is 8.86. The van der Waals surface area contributed by atoms with Crippen LogP contribution in [0.2, 0.25) is 0 Å². The van der Waals surface area contributed by atoms with E-state index >= 15 is 0 Å². The Morgan fingerprint density at radius 3 is 2.17 bits per heavy atom. The summed E-state index contributed by atoms with van der Waals surface area (Å²) in [7, 11) is 0. The molecule has 2 heteroatoms. The molecule has 0 amide bonds. The topological polar surface area (TPSA) is 0 Å². The van der Waals surface area contributed by atoms with Gasteiger partial charge in [0.1, 0.15) is 0 Å². The van der Waals surface area contributed by atoms with E-state index in [2.05, 4.69) is 66.7 Å². The highest BCUT2D eigenvalue weighted by Crippen LogP contribution is 2.25. The van der Waals surface area contributed by atoms with Crippen molar-refractivity contribution in [2.75, 3.05) is 0 Å². The van der Waals surface area contributed by atoms with E-state index in [1.807, 2.05) is 6.07 Å². The smallest absolute Gasteiger partial charge is 0.0619 e. The van der Waals surface area contributed by atoms with Crippen LogP contribution in [-0.2, 0) is 11.8 Å². The molecule has 3 aromatic rings. The van der Waals surface area contributed by atoms with Gasteiger partial charge in [0, 0.05) is 5.39 Å². The minimum atomic E-state index is -0.687. The van der Waals surface area contributed by atoms with Gasteiger partial charge in [-0.2, -0.15) is 0 Å². The van der Waals surface area contributed by atoms with Crippen LogP contribution in [-0.4, -0.2) is 0 Å². The van der Waals surface area contributed by atoms with Crippen molar-refractivity contribution >= 4 is 39.9 Å². The van der Waals surface area contributed by atoms with E-state index in [0.29, 0.717) is 0 Å². The number of hydrogen-bond donors (Lipinski definition) is 0. The summed E-state index contributed by atoms with van der Waals surface area (Å²) in [6, 6.07) is 25.3. The van der Waals surface area contributed by atoms with E-state index in [-0.39, 0.29) is 0 Å². The summed E-state index contributed by atoms with van der Waals surface area (Å²) >= 11 is 5.76. The highest BCUT2D eigenvalue weighted by Gasteiger charge is 2.19. The molecule has 0 spiro atoms. The Balaban J connectivity index is 2.18. The normalized spacial score (nSPS) is 11.4. The summed E-state index contributed by atoms with van der Waals surface area (Å²) in [6.45, 7) is -0.687. The Kier molecular flexibility index (Phi) is 3.19. The van der Waals surface area contributed by atoms with Crippen LogP contribution in [0.25, 0.3) is 10.8 Å².